The largest absolute Gasteiger partial charge is 0.465 e. The number of hydrogen-bond donors (Lipinski definition) is 1. The summed E-state index contributed by atoms with van der Waals surface area (Å²) in [6.45, 7) is 7.16. The monoisotopic (exact) mass is 417 g/mol. The van der Waals surface area contributed by atoms with E-state index in [9.17, 15) is 18.3 Å². The van der Waals surface area contributed by atoms with Gasteiger partial charge in [-0.05, 0) is 11.5 Å². The number of piperazine rings is 1. The third-order valence-corrected chi connectivity index (χ3v) is 7.06. The lowest BCUT2D eigenvalue weighted by molar-refractivity contribution is 0.0747. The van der Waals surface area contributed by atoms with E-state index in [1.54, 1.807) is 12.3 Å². The van der Waals surface area contributed by atoms with E-state index in [1.807, 2.05) is 25.7 Å². The Bertz CT molecular complexity index is 952. The number of halogens is 1. The lowest BCUT2D eigenvalue weighted by Gasteiger charge is -2.46. The number of carbonyl (C=O) groups is 1. The summed E-state index contributed by atoms with van der Waals surface area (Å²) in [5.41, 5.74) is -0.277. The first kappa shape index (κ1) is 19.2. The van der Waals surface area contributed by atoms with Crippen LogP contribution >= 0.6 is 22.0 Å². The molecule has 0 bridgehead atoms. The molecule has 26 heavy (non-hydrogen) atoms. The minimum absolute atomic E-state index is 0.0511. The summed E-state index contributed by atoms with van der Waals surface area (Å²) < 4.78 is 24.7. The van der Waals surface area contributed by atoms with E-state index in [0.29, 0.717) is 30.8 Å². The molecule has 2 aromatic rings. The summed E-state index contributed by atoms with van der Waals surface area (Å²) in [5.74, 6) is 0.530. The van der Waals surface area contributed by atoms with Crippen LogP contribution < -0.4 is 4.90 Å². The first-order chi connectivity index (χ1) is 12.0. The topological polar surface area (TPSA) is 90.8 Å². The Morgan fingerprint density at radius 1 is 1.38 bits per heavy atom. The lowest BCUT2D eigenvalue weighted by Crippen LogP contribution is -2.59. The molecule has 0 saturated carbocycles. The van der Waals surface area contributed by atoms with Gasteiger partial charge in [-0.2, -0.15) is 0 Å². The Balaban J connectivity index is 2.07. The van der Waals surface area contributed by atoms with Crippen molar-refractivity contribution in [3.63, 3.8) is 0 Å². The fourth-order valence-corrected chi connectivity index (χ4v) is 5.79. The Kier molecular flexibility index (Phi) is 4.83. The minimum Gasteiger partial charge on any atom is -0.465 e. The Morgan fingerprint density at radius 2 is 2.08 bits per heavy atom. The van der Waals surface area contributed by atoms with Crippen molar-refractivity contribution in [1.82, 2.24) is 9.88 Å². The fourth-order valence-electron chi connectivity index (χ4n) is 3.30. The Hall–Kier alpha value is -1.58. The Morgan fingerprint density at radius 3 is 2.65 bits per heavy atom. The van der Waals surface area contributed by atoms with Crippen LogP contribution in [0.15, 0.2) is 22.5 Å². The summed E-state index contributed by atoms with van der Waals surface area (Å²) in [5, 5.41) is 11.5. The van der Waals surface area contributed by atoms with E-state index in [-0.39, 0.29) is 16.4 Å². The van der Waals surface area contributed by atoms with Crippen LogP contribution in [0.4, 0.5) is 10.6 Å². The molecule has 0 aliphatic carbocycles. The van der Waals surface area contributed by atoms with Crippen molar-refractivity contribution in [2.24, 2.45) is 5.41 Å². The number of thiophene rings is 1. The van der Waals surface area contributed by atoms with Gasteiger partial charge in [0.25, 0.3) is 9.05 Å². The van der Waals surface area contributed by atoms with Gasteiger partial charge in [0, 0.05) is 46.6 Å². The van der Waals surface area contributed by atoms with Crippen LogP contribution in [0, 0.1) is 5.41 Å². The van der Waals surface area contributed by atoms with Crippen LogP contribution in [0.2, 0.25) is 0 Å². The average Bonchev–Trinajstić information content (AvgIpc) is 2.97. The smallest absolute Gasteiger partial charge is 0.407 e. The number of nitrogens with zero attached hydrogens (tertiary/aromatic N) is 3. The van der Waals surface area contributed by atoms with Crippen molar-refractivity contribution in [2.45, 2.75) is 31.7 Å². The summed E-state index contributed by atoms with van der Waals surface area (Å²) in [6.07, 6.45) is 0.685. The van der Waals surface area contributed by atoms with E-state index >= 15 is 0 Å². The molecule has 142 valence electrons. The molecule has 1 aliphatic rings. The second-order valence-corrected chi connectivity index (χ2v) is 10.8. The second kappa shape index (κ2) is 6.54. The van der Waals surface area contributed by atoms with Crippen molar-refractivity contribution in [3.05, 3.63) is 17.6 Å². The van der Waals surface area contributed by atoms with Crippen LogP contribution in [0.5, 0.6) is 0 Å². The third-order valence-electron chi connectivity index (χ3n) is 4.62. The van der Waals surface area contributed by atoms with Crippen molar-refractivity contribution >= 4 is 53.1 Å². The van der Waals surface area contributed by atoms with Crippen molar-refractivity contribution in [1.29, 1.82) is 0 Å². The molecule has 0 aromatic carbocycles. The molecule has 1 N–H and O–H groups in total. The Labute approximate surface area is 160 Å². The summed E-state index contributed by atoms with van der Waals surface area (Å²) >= 11 is 1.30. The van der Waals surface area contributed by atoms with Crippen LogP contribution in [0.1, 0.15) is 20.8 Å². The summed E-state index contributed by atoms with van der Waals surface area (Å²) in [6, 6.07) is 1.50. The van der Waals surface area contributed by atoms with Gasteiger partial charge < -0.3 is 14.9 Å². The number of anilines is 1. The maximum Gasteiger partial charge on any atom is 0.407 e. The van der Waals surface area contributed by atoms with E-state index in [0.717, 1.165) is 4.70 Å². The van der Waals surface area contributed by atoms with Gasteiger partial charge >= 0.3 is 6.09 Å². The van der Waals surface area contributed by atoms with Crippen LogP contribution in [0.25, 0.3) is 10.1 Å². The average molecular weight is 418 g/mol. The molecule has 1 aliphatic heterocycles. The third kappa shape index (κ3) is 3.47. The van der Waals surface area contributed by atoms with Crippen molar-refractivity contribution < 1.29 is 18.3 Å². The van der Waals surface area contributed by atoms with Gasteiger partial charge in [-0.1, -0.05) is 20.8 Å². The van der Waals surface area contributed by atoms with Crippen LogP contribution in [-0.2, 0) is 9.05 Å². The van der Waals surface area contributed by atoms with Crippen molar-refractivity contribution in [3.8, 4) is 0 Å². The van der Waals surface area contributed by atoms with E-state index < -0.39 is 15.1 Å². The van der Waals surface area contributed by atoms with Crippen molar-refractivity contribution in [2.75, 3.05) is 24.5 Å². The highest BCUT2D eigenvalue weighted by atomic mass is 35.7. The van der Waals surface area contributed by atoms with Gasteiger partial charge in [-0.15, -0.1) is 11.3 Å². The van der Waals surface area contributed by atoms with E-state index in [4.69, 9.17) is 10.7 Å². The number of pyridine rings is 1. The van der Waals surface area contributed by atoms with E-state index in [1.165, 1.54) is 21.6 Å². The van der Waals surface area contributed by atoms with E-state index in [2.05, 4.69) is 4.98 Å². The summed E-state index contributed by atoms with van der Waals surface area (Å²) in [4.78, 5) is 19.5. The molecular weight excluding hydrogens is 398 g/mol. The number of carboxylic acid groups (broad SMARTS) is 1. The second-order valence-electron chi connectivity index (χ2n) is 7.35. The molecule has 1 atom stereocenters. The highest BCUT2D eigenvalue weighted by molar-refractivity contribution is 8.14. The first-order valence-electron chi connectivity index (χ1n) is 8.05. The van der Waals surface area contributed by atoms with Gasteiger partial charge in [-0.3, -0.25) is 0 Å². The van der Waals surface area contributed by atoms with Gasteiger partial charge in [-0.25, -0.2) is 18.2 Å². The molecule has 0 radical (unpaired) electrons. The molecule has 7 nitrogen and oxygen atoms in total. The highest BCUT2D eigenvalue weighted by Gasteiger charge is 2.39. The van der Waals surface area contributed by atoms with Gasteiger partial charge in [0.1, 0.15) is 10.7 Å². The quantitative estimate of drug-likeness (QED) is 0.752. The zero-order valence-electron chi connectivity index (χ0n) is 14.6. The van der Waals surface area contributed by atoms with Crippen LogP contribution in [0.3, 0.4) is 0 Å². The summed E-state index contributed by atoms with van der Waals surface area (Å²) in [7, 11) is 1.70. The lowest BCUT2D eigenvalue weighted by atomic mass is 9.84. The molecule has 2 aromatic heterocycles. The maximum absolute atomic E-state index is 11.9. The minimum atomic E-state index is -3.90. The standard InChI is InChI=1S/C16H20ClN3O4S2/c1-16(2,3)12-8-19(6-7-20(12)15(21)22)14-13-10(4-5-18-14)25-9-11(13)26(17,23)24/h4-5,9,12H,6-8H2,1-3H3,(H,21,22). The number of rotatable bonds is 2. The normalized spacial score (nSPS) is 19.2. The number of fused-ring (bicyclic) bond motifs is 1. The van der Waals surface area contributed by atoms with Gasteiger partial charge in [0.05, 0.1) is 11.4 Å². The number of aromatic nitrogens is 1. The first-order valence-corrected chi connectivity index (χ1v) is 11.2. The molecule has 1 amide bonds. The molecule has 3 heterocycles. The SMILES string of the molecule is CC(C)(C)C1CN(c2nccc3scc(S(=O)(=O)Cl)c23)CCN1C(=O)O. The van der Waals surface area contributed by atoms with Gasteiger partial charge in [0.15, 0.2) is 0 Å². The molecule has 3 rings (SSSR count). The van der Waals surface area contributed by atoms with Crippen LogP contribution in [-0.4, -0.2) is 55.2 Å². The molecule has 1 saturated heterocycles. The zero-order chi connectivity index (χ0) is 19.3. The van der Waals surface area contributed by atoms with Gasteiger partial charge in [0.2, 0.25) is 0 Å². The number of amides is 1. The molecule has 0 spiro atoms. The highest BCUT2D eigenvalue weighted by Crippen LogP contribution is 2.38. The fraction of sp³-hybridized carbons (Fsp3) is 0.500. The molecule has 1 unspecified atom stereocenters. The number of hydrogen-bond acceptors (Lipinski definition) is 6. The predicted octanol–water partition coefficient (Wildman–Crippen LogP) is 3.44. The molecular formula is C16H20ClN3O4S2. The predicted molar refractivity (Wildman–Crippen MR) is 103 cm³/mol. The molecule has 10 heteroatoms. The zero-order valence-corrected chi connectivity index (χ0v) is 17.0. The molecule has 1 fully saturated rings. The maximum atomic E-state index is 11.9.